The van der Waals surface area contributed by atoms with Crippen molar-refractivity contribution in [2.75, 3.05) is 58.0 Å². The Bertz CT molecular complexity index is 1570. The molecular formula is C31H46N6O7Si. The Kier molecular flexibility index (Phi) is 8.93. The molecule has 45 heavy (non-hydrogen) atoms. The third-order valence-corrected chi connectivity index (χ3v) is 10.3. The van der Waals surface area contributed by atoms with Crippen LogP contribution in [0.15, 0.2) is 16.9 Å². The average molecular weight is 643 g/mol. The number of hydrogen-bond donors (Lipinski definition) is 0. The molecule has 0 spiro atoms. The lowest BCUT2D eigenvalue weighted by atomic mass is 10.0. The molecule has 0 bridgehead atoms. The zero-order chi connectivity index (χ0) is 32.8. The monoisotopic (exact) mass is 642 g/mol. The molecule has 0 radical (unpaired) electrons. The third-order valence-electron chi connectivity index (χ3n) is 8.59. The number of anilines is 1. The number of carbonyl (C=O) groups is 4. The minimum atomic E-state index is -1.34. The summed E-state index contributed by atoms with van der Waals surface area (Å²) >= 11 is 0. The predicted molar refractivity (Wildman–Crippen MR) is 172 cm³/mol. The number of amides is 4. The molecule has 5 rings (SSSR count). The number of likely N-dealkylation sites (N-methyl/N-ethyl adjacent to an activating group) is 1. The summed E-state index contributed by atoms with van der Waals surface area (Å²) < 4.78 is 14.4. The second-order valence-corrected chi connectivity index (χ2v) is 20.0. The Balaban J connectivity index is 1.40. The van der Waals surface area contributed by atoms with Crippen LogP contribution in [-0.4, -0.2) is 114 Å². The van der Waals surface area contributed by atoms with Gasteiger partial charge in [-0.05, 0) is 45.4 Å². The van der Waals surface area contributed by atoms with Crippen molar-refractivity contribution in [1.82, 2.24) is 23.8 Å². The van der Waals surface area contributed by atoms with Crippen molar-refractivity contribution in [1.29, 1.82) is 0 Å². The molecule has 4 heterocycles. The van der Waals surface area contributed by atoms with E-state index in [2.05, 4.69) is 24.5 Å². The minimum absolute atomic E-state index is 0.122. The van der Waals surface area contributed by atoms with Crippen LogP contribution >= 0.6 is 0 Å². The third kappa shape index (κ3) is 6.67. The molecule has 1 aromatic heterocycles. The molecule has 1 saturated heterocycles. The van der Waals surface area contributed by atoms with Gasteiger partial charge in [-0.2, -0.15) is 0 Å². The quantitative estimate of drug-likeness (QED) is 0.232. The topological polar surface area (TPSA) is 127 Å². The van der Waals surface area contributed by atoms with Crippen molar-refractivity contribution < 1.29 is 28.7 Å². The number of carbonyl (C=O) groups excluding carboxylic acids is 4. The number of ether oxygens (including phenoxy) is 2. The first-order valence-electron chi connectivity index (χ1n) is 15.8. The van der Waals surface area contributed by atoms with Gasteiger partial charge in [-0.1, -0.05) is 19.6 Å². The lowest BCUT2D eigenvalue weighted by Gasteiger charge is -2.31. The molecule has 2 aromatic rings. The van der Waals surface area contributed by atoms with Crippen LogP contribution in [0.2, 0.25) is 25.7 Å². The van der Waals surface area contributed by atoms with E-state index in [0.717, 1.165) is 10.9 Å². The highest BCUT2D eigenvalue weighted by atomic mass is 28.3. The van der Waals surface area contributed by atoms with Gasteiger partial charge in [0.2, 0.25) is 5.91 Å². The maximum Gasteiger partial charge on any atom is 0.410 e. The van der Waals surface area contributed by atoms with E-state index in [-0.39, 0.29) is 37.1 Å². The first-order valence-corrected chi connectivity index (χ1v) is 19.5. The van der Waals surface area contributed by atoms with E-state index in [1.807, 2.05) is 20.8 Å². The van der Waals surface area contributed by atoms with E-state index < -0.39 is 31.7 Å². The number of benzene rings is 1. The molecule has 1 unspecified atom stereocenters. The minimum Gasteiger partial charge on any atom is -0.444 e. The predicted octanol–water partition coefficient (Wildman–Crippen LogP) is 2.95. The molecule has 3 aliphatic rings. The van der Waals surface area contributed by atoms with Crippen molar-refractivity contribution in [3.8, 4) is 0 Å². The molecule has 14 heteroatoms. The molecule has 1 fully saturated rings. The fourth-order valence-electron chi connectivity index (χ4n) is 6.07. The van der Waals surface area contributed by atoms with E-state index in [1.165, 1.54) is 9.47 Å². The lowest BCUT2D eigenvalue weighted by Crippen LogP contribution is -2.48. The number of hydrogen-bond acceptors (Lipinski definition) is 8. The van der Waals surface area contributed by atoms with Gasteiger partial charge in [0.1, 0.15) is 18.4 Å². The van der Waals surface area contributed by atoms with E-state index in [9.17, 15) is 24.0 Å². The van der Waals surface area contributed by atoms with Crippen LogP contribution in [0.25, 0.3) is 11.0 Å². The van der Waals surface area contributed by atoms with E-state index >= 15 is 0 Å². The van der Waals surface area contributed by atoms with Gasteiger partial charge >= 0.3 is 11.8 Å². The molecule has 4 amide bonds. The van der Waals surface area contributed by atoms with Gasteiger partial charge < -0.3 is 24.2 Å². The highest BCUT2D eigenvalue weighted by molar-refractivity contribution is 6.76. The Labute approximate surface area is 264 Å². The van der Waals surface area contributed by atoms with Gasteiger partial charge in [-0.15, -0.1) is 0 Å². The summed E-state index contributed by atoms with van der Waals surface area (Å²) in [6, 6.07) is 3.54. The zero-order valence-electron chi connectivity index (χ0n) is 27.6. The summed E-state index contributed by atoms with van der Waals surface area (Å²) in [6.45, 7) is 15.1. The molecule has 1 atom stereocenters. The Hall–Kier alpha value is -3.65. The van der Waals surface area contributed by atoms with E-state index in [0.29, 0.717) is 68.2 Å². The van der Waals surface area contributed by atoms with Gasteiger partial charge in [-0.3, -0.25) is 28.4 Å². The van der Waals surface area contributed by atoms with Crippen LogP contribution in [0.5, 0.6) is 0 Å². The molecule has 0 saturated carbocycles. The summed E-state index contributed by atoms with van der Waals surface area (Å²) in [4.78, 5) is 73.1. The second-order valence-electron chi connectivity index (χ2n) is 14.4. The van der Waals surface area contributed by atoms with Crippen LogP contribution in [0.1, 0.15) is 50.0 Å². The fraction of sp³-hybridized carbons (Fsp3) is 0.645. The zero-order valence-corrected chi connectivity index (χ0v) is 28.6. The molecular weight excluding hydrogens is 596 g/mol. The van der Waals surface area contributed by atoms with Crippen molar-refractivity contribution in [3.63, 3.8) is 0 Å². The van der Waals surface area contributed by atoms with Gasteiger partial charge in [0.05, 0.1) is 22.3 Å². The SMILES string of the molecule is CN(CCN1CCN2CCn3c(=O)n(C4CCC(=O)N(COCC[Si](C)(C)C)C4=O)c4ccc(c2c43)C1=O)C(=O)OC(C)(C)C. The summed E-state index contributed by atoms with van der Waals surface area (Å²) in [5.74, 6) is -0.919. The summed E-state index contributed by atoms with van der Waals surface area (Å²) in [6.07, 6.45) is -0.0944. The second kappa shape index (κ2) is 12.3. The van der Waals surface area contributed by atoms with Crippen LogP contribution in [0.3, 0.4) is 0 Å². The number of piperidine rings is 1. The number of likely N-dealkylation sites (tertiary alicyclic amines) is 1. The maximum atomic E-state index is 13.9. The van der Waals surface area contributed by atoms with Crippen LogP contribution in [-0.2, 0) is 25.6 Å². The molecule has 13 nitrogen and oxygen atoms in total. The Morgan fingerprint density at radius 2 is 1.76 bits per heavy atom. The number of aromatic nitrogens is 2. The number of imide groups is 1. The smallest absolute Gasteiger partial charge is 0.410 e. The number of rotatable bonds is 9. The van der Waals surface area contributed by atoms with Crippen LogP contribution in [0.4, 0.5) is 10.5 Å². The summed E-state index contributed by atoms with van der Waals surface area (Å²) in [5, 5.41) is 0. The van der Waals surface area contributed by atoms with Gasteiger partial charge in [0.25, 0.3) is 11.8 Å². The molecule has 1 aromatic carbocycles. The van der Waals surface area contributed by atoms with Crippen molar-refractivity contribution >= 4 is 48.6 Å². The standard InChI is InChI=1S/C31H46N6O7Si/c1-31(2,3)44-30(42)32(4)12-13-34-15-14-33-16-17-35-26-22(9-8-21(25(26)33)27(34)39)37(29(35)41)23-10-11-24(38)36(28(23)40)20-43-18-19-45(5,6)7/h8-9,23H,10-20H2,1-7H3. The highest BCUT2D eigenvalue weighted by Crippen LogP contribution is 2.37. The largest absolute Gasteiger partial charge is 0.444 e. The normalized spacial score (nSPS) is 19.0. The number of imidazole rings is 1. The van der Waals surface area contributed by atoms with Crippen LogP contribution in [0, 0.1) is 0 Å². The summed E-state index contributed by atoms with van der Waals surface area (Å²) in [5.41, 5.74) is 1.43. The first-order chi connectivity index (χ1) is 21.1. The van der Waals surface area contributed by atoms with E-state index in [4.69, 9.17) is 9.47 Å². The van der Waals surface area contributed by atoms with Crippen molar-refractivity contribution in [2.24, 2.45) is 0 Å². The lowest BCUT2D eigenvalue weighted by molar-refractivity contribution is -0.157. The maximum absolute atomic E-state index is 13.9. The summed E-state index contributed by atoms with van der Waals surface area (Å²) in [7, 11) is 0.309. The number of nitrogens with zero attached hydrogens (tertiary/aromatic N) is 6. The molecule has 0 N–H and O–H groups in total. The first kappa shape index (κ1) is 32.7. The van der Waals surface area contributed by atoms with Crippen LogP contribution < -0.4 is 10.6 Å². The van der Waals surface area contributed by atoms with Gasteiger partial charge in [0.15, 0.2) is 0 Å². The van der Waals surface area contributed by atoms with Crippen molar-refractivity contribution in [3.05, 3.63) is 28.2 Å². The highest BCUT2D eigenvalue weighted by Gasteiger charge is 2.40. The Morgan fingerprint density at radius 1 is 1.04 bits per heavy atom. The van der Waals surface area contributed by atoms with Gasteiger partial charge in [-0.25, -0.2) is 9.59 Å². The fourth-order valence-corrected chi connectivity index (χ4v) is 6.83. The molecule has 246 valence electrons. The van der Waals surface area contributed by atoms with Gasteiger partial charge in [0, 0.05) is 67.4 Å². The molecule has 3 aliphatic heterocycles. The van der Waals surface area contributed by atoms with Crippen molar-refractivity contribution in [2.45, 2.75) is 77.5 Å². The average Bonchev–Trinajstić information content (AvgIpc) is 3.15. The Morgan fingerprint density at radius 3 is 2.44 bits per heavy atom. The molecule has 0 aliphatic carbocycles. The van der Waals surface area contributed by atoms with E-state index in [1.54, 1.807) is 28.6 Å².